The minimum Gasteiger partial charge on any atom is -0.349 e. The van der Waals surface area contributed by atoms with Gasteiger partial charge in [-0.25, -0.2) is 13.1 Å². The Morgan fingerprint density at radius 1 is 1.43 bits per heavy atom. The van der Waals surface area contributed by atoms with E-state index in [1.165, 1.54) is 12.8 Å². The lowest BCUT2D eigenvalue weighted by Gasteiger charge is -2.19. The fourth-order valence-corrected chi connectivity index (χ4v) is 4.53. The molecule has 1 saturated carbocycles. The van der Waals surface area contributed by atoms with Crippen LogP contribution in [0, 0.1) is 5.92 Å². The Labute approximate surface area is 128 Å². The van der Waals surface area contributed by atoms with Crippen molar-refractivity contribution in [2.24, 2.45) is 11.7 Å². The summed E-state index contributed by atoms with van der Waals surface area (Å²) < 4.78 is 29.8. The fraction of sp³-hybridized carbons (Fsp3) is 0.733. The zero-order valence-corrected chi connectivity index (χ0v) is 13.8. The van der Waals surface area contributed by atoms with Crippen molar-refractivity contribution in [1.82, 2.24) is 9.29 Å². The lowest BCUT2D eigenvalue weighted by Crippen LogP contribution is -2.37. The Balaban J connectivity index is 2.14. The van der Waals surface area contributed by atoms with Crippen molar-refractivity contribution in [2.75, 3.05) is 0 Å². The van der Waals surface area contributed by atoms with Gasteiger partial charge in [-0.15, -0.1) is 0 Å². The van der Waals surface area contributed by atoms with E-state index in [9.17, 15) is 8.42 Å². The second-order valence-electron chi connectivity index (χ2n) is 6.02. The molecular weight excluding hydrogens is 286 g/mol. The molecule has 1 fully saturated rings. The zero-order valence-electron chi connectivity index (χ0n) is 13.0. The molecule has 5 nitrogen and oxygen atoms in total. The van der Waals surface area contributed by atoms with Gasteiger partial charge in [-0.2, -0.15) is 0 Å². The van der Waals surface area contributed by atoms with Gasteiger partial charge in [0.2, 0.25) is 10.0 Å². The third kappa shape index (κ3) is 3.87. The molecule has 0 radical (unpaired) electrons. The van der Waals surface area contributed by atoms with Gasteiger partial charge in [0.05, 0.1) is 4.90 Å². The van der Waals surface area contributed by atoms with Crippen LogP contribution in [0.4, 0.5) is 0 Å². The Kier molecular flexibility index (Phi) is 5.46. The van der Waals surface area contributed by atoms with Crippen molar-refractivity contribution >= 4 is 10.0 Å². The van der Waals surface area contributed by atoms with Crippen LogP contribution < -0.4 is 10.5 Å². The minimum atomic E-state index is -3.45. The van der Waals surface area contributed by atoms with Crippen LogP contribution in [-0.2, 0) is 23.1 Å². The molecule has 0 bridgehead atoms. The highest BCUT2D eigenvalue weighted by molar-refractivity contribution is 7.89. The monoisotopic (exact) mass is 313 g/mol. The number of rotatable bonds is 7. The van der Waals surface area contributed by atoms with Crippen molar-refractivity contribution in [3.63, 3.8) is 0 Å². The van der Waals surface area contributed by atoms with Gasteiger partial charge in [0.1, 0.15) is 0 Å². The summed E-state index contributed by atoms with van der Waals surface area (Å²) in [6.07, 6.45) is 7.31. The summed E-state index contributed by atoms with van der Waals surface area (Å²) in [7, 11) is -3.45. The molecule has 0 spiro atoms. The van der Waals surface area contributed by atoms with E-state index in [4.69, 9.17) is 5.73 Å². The molecule has 6 heteroatoms. The van der Waals surface area contributed by atoms with Gasteiger partial charge in [-0.05, 0) is 38.2 Å². The number of hydrogen-bond donors (Lipinski definition) is 2. The number of nitrogens with zero attached hydrogens (tertiary/aromatic N) is 1. The van der Waals surface area contributed by atoms with Crippen molar-refractivity contribution in [3.8, 4) is 0 Å². The molecule has 3 N–H and O–H groups in total. The smallest absolute Gasteiger partial charge is 0.242 e. The predicted octanol–water partition coefficient (Wildman–Crippen LogP) is 2.21. The number of nitrogens with one attached hydrogen (secondary N) is 1. The third-order valence-electron chi connectivity index (χ3n) is 4.39. The molecule has 1 aromatic rings. The van der Waals surface area contributed by atoms with Gasteiger partial charge in [-0.1, -0.05) is 19.8 Å². The molecule has 0 saturated heterocycles. The summed E-state index contributed by atoms with van der Waals surface area (Å²) in [5.74, 6) is 0.464. The molecule has 1 aromatic heterocycles. The van der Waals surface area contributed by atoms with E-state index in [1.54, 1.807) is 12.3 Å². The molecule has 1 aliphatic carbocycles. The van der Waals surface area contributed by atoms with Gasteiger partial charge in [0, 0.05) is 31.0 Å². The highest BCUT2D eigenvalue weighted by Gasteiger charge is 2.27. The van der Waals surface area contributed by atoms with Gasteiger partial charge in [-0.3, -0.25) is 0 Å². The maximum atomic E-state index is 12.5. The van der Waals surface area contributed by atoms with E-state index >= 15 is 0 Å². The molecule has 21 heavy (non-hydrogen) atoms. The van der Waals surface area contributed by atoms with E-state index in [1.807, 2.05) is 11.5 Å². The molecule has 0 aliphatic heterocycles. The second-order valence-corrected chi connectivity index (χ2v) is 7.73. The van der Waals surface area contributed by atoms with Crippen LogP contribution >= 0.6 is 0 Å². The molecule has 1 aliphatic rings. The summed E-state index contributed by atoms with van der Waals surface area (Å²) in [5.41, 5.74) is 6.57. The Bertz CT molecular complexity index is 559. The SMILES string of the molecule is CCCn1cc(S(=O)(=O)NC(C)C2CCCC2)cc1CN. The van der Waals surface area contributed by atoms with E-state index in [0.717, 1.165) is 31.5 Å². The first-order valence-electron chi connectivity index (χ1n) is 7.89. The van der Waals surface area contributed by atoms with Gasteiger partial charge in [0.25, 0.3) is 0 Å². The molecule has 1 atom stereocenters. The molecule has 0 aromatic carbocycles. The molecule has 0 amide bonds. The quantitative estimate of drug-likeness (QED) is 0.810. The summed E-state index contributed by atoms with van der Waals surface area (Å²) in [4.78, 5) is 0.334. The van der Waals surface area contributed by atoms with Gasteiger partial charge in [0.15, 0.2) is 0 Å². The molecule has 1 heterocycles. The van der Waals surface area contributed by atoms with Crippen LogP contribution in [0.5, 0.6) is 0 Å². The Morgan fingerprint density at radius 3 is 2.67 bits per heavy atom. The number of sulfonamides is 1. The Morgan fingerprint density at radius 2 is 2.10 bits per heavy atom. The predicted molar refractivity (Wildman–Crippen MR) is 84.4 cm³/mol. The zero-order chi connectivity index (χ0) is 15.5. The highest BCUT2D eigenvalue weighted by atomic mass is 32.2. The van der Waals surface area contributed by atoms with Crippen molar-refractivity contribution in [2.45, 2.75) is 70.0 Å². The summed E-state index contributed by atoms with van der Waals surface area (Å²) >= 11 is 0. The third-order valence-corrected chi connectivity index (χ3v) is 5.92. The van der Waals surface area contributed by atoms with E-state index in [0.29, 0.717) is 17.4 Å². The van der Waals surface area contributed by atoms with Crippen LogP contribution in [0.3, 0.4) is 0 Å². The van der Waals surface area contributed by atoms with Gasteiger partial charge >= 0.3 is 0 Å². The molecule has 2 rings (SSSR count). The number of nitrogens with two attached hydrogens (primary N) is 1. The van der Waals surface area contributed by atoms with Crippen LogP contribution in [-0.4, -0.2) is 19.0 Å². The first-order chi connectivity index (χ1) is 9.97. The number of aryl methyl sites for hydroxylation is 1. The van der Waals surface area contributed by atoms with E-state index < -0.39 is 10.0 Å². The van der Waals surface area contributed by atoms with Crippen molar-refractivity contribution < 1.29 is 8.42 Å². The van der Waals surface area contributed by atoms with Crippen LogP contribution in [0.2, 0.25) is 0 Å². The van der Waals surface area contributed by atoms with E-state index in [-0.39, 0.29) is 6.04 Å². The summed E-state index contributed by atoms with van der Waals surface area (Å²) in [6, 6.07) is 1.69. The lowest BCUT2D eigenvalue weighted by atomic mass is 10.0. The summed E-state index contributed by atoms with van der Waals surface area (Å²) in [5, 5.41) is 0. The van der Waals surface area contributed by atoms with Crippen molar-refractivity contribution in [1.29, 1.82) is 0 Å². The van der Waals surface area contributed by atoms with Crippen LogP contribution in [0.25, 0.3) is 0 Å². The topological polar surface area (TPSA) is 77.1 Å². The van der Waals surface area contributed by atoms with Gasteiger partial charge < -0.3 is 10.3 Å². The van der Waals surface area contributed by atoms with Crippen molar-refractivity contribution in [3.05, 3.63) is 18.0 Å². The highest BCUT2D eigenvalue weighted by Crippen LogP contribution is 2.28. The number of aromatic nitrogens is 1. The maximum absolute atomic E-state index is 12.5. The number of hydrogen-bond acceptors (Lipinski definition) is 3. The van der Waals surface area contributed by atoms with Crippen LogP contribution in [0.1, 0.15) is 51.6 Å². The maximum Gasteiger partial charge on any atom is 0.242 e. The lowest BCUT2D eigenvalue weighted by molar-refractivity contribution is 0.424. The second kappa shape index (κ2) is 6.94. The van der Waals surface area contributed by atoms with Crippen LogP contribution in [0.15, 0.2) is 17.2 Å². The standard InChI is InChI=1S/C15H27N3O2S/c1-3-8-18-11-15(9-14(18)10-16)21(19,20)17-12(2)13-6-4-5-7-13/h9,11-13,17H,3-8,10,16H2,1-2H3. The Hall–Kier alpha value is -0.850. The first-order valence-corrected chi connectivity index (χ1v) is 9.37. The molecular formula is C15H27N3O2S. The normalized spacial score (nSPS) is 18.2. The average molecular weight is 313 g/mol. The van der Waals surface area contributed by atoms with E-state index in [2.05, 4.69) is 11.6 Å². The fourth-order valence-electron chi connectivity index (χ4n) is 3.16. The largest absolute Gasteiger partial charge is 0.349 e. The molecule has 120 valence electrons. The molecule has 1 unspecified atom stereocenters. The minimum absolute atomic E-state index is 0.00616. The average Bonchev–Trinajstić information content (AvgIpc) is 3.08. The first kappa shape index (κ1) is 16.5. The summed E-state index contributed by atoms with van der Waals surface area (Å²) in [6.45, 7) is 5.18.